The Morgan fingerprint density at radius 2 is 2.35 bits per heavy atom. The Morgan fingerprint density at radius 3 is 3.05 bits per heavy atom. The highest BCUT2D eigenvalue weighted by atomic mass is 32.2. The molecule has 20 heavy (non-hydrogen) atoms. The molecular weight excluding hydrogens is 274 g/mol. The minimum absolute atomic E-state index is 0.0335. The zero-order valence-corrected chi connectivity index (χ0v) is 12.2. The van der Waals surface area contributed by atoms with Crippen molar-refractivity contribution in [1.29, 1.82) is 0 Å². The van der Waals surface area contributed by atoms with Gasteiger partial charge in [-0.3, -0.25) is 4.79 Å². The van der Waals surface area contributed by atoms with Crippen molar-refractivity contribution in [3.63, 3.8) is 0 Å². The van der Waals surface area contributed by atoms with Crippen LogP contribution in [-0.2, 0) is 11.3 Å². The summed E-state index contributed by atoms with van der Waals surface area (Å²) in [6.07, 6.45) is 5.55. The van der Waals surface area contributed by atoms with Gasteiger partial charge < -0.3 is 9.67 Å². The van der Waals surface area contributed by atoms with E-state index in [0.717, 1.165) is 40.8 Å². The van der Waals surface area contributed by atoms with Gasteiger partial charge in [-0.2, -0.15) is 0 Å². The van der Waals surface area contributed by atoms with Crippen molar-refractivity contribution in [2.24, 2.45) is 5.92 Å². The van der Waals surface area contributed by atoms with E-state index in [-0.39, 0.29) is 5.75 Å². The molecule has 2 aromatic heterocycles. The van der Waals surface area contributed by atoms with Gasteiger partial charge >= 0.3 is 5.97 Å². The van der Waals surface area contributed by atoms with Gasteiger partial charge in [-0.05, 0) is 30.9 Å². The van der Waals surface area contributed by atoms with E-state index in [9.17, 15) is 4.79 Å². The van der Waals surface area contributed by atoms with Crippen LogP contribution in [0.3, 0.4) is 0 Å². The van der Waals surface area contributed by atoms with Crippen molar-refractivity contribution < 1.29 is 9.90 Å². The average Bonchev–Trinajstić information content (AvgIpc) is 3.16. The normalized spacial score (nSPS) is 14.8. The summed E-state index contributed by atoms with van der Waals surface area (Å²) in [6.45, 7) is 2.88. The van der Waals surface area contributed by atoms with E-state index >= 15 is 0 Å². The third-order valence-corrected chi connectivity index (χ3v) is 4.54. The Labute approximate surface area is 121 Å². The van der Waals surface area contributed by atoms with Gasteiger partial charge in [0.2, 0.25) is 0 Å². The Hall–Kier alpha value is -1.56. The molecule has 0 amide bonds. The smallest absolute Gasteiger partial charge is 0.313 e. The molecule has 1 aliphatic rings. The Kier molecular flexibility index (Phi) is 3.65. The molecule has 0 bridgehead atoms. The highest BCUT2D eigenvalue weighted by molar-refractivity contribution is 7.99. The predicted molar refractivity (Wildman–Crippen MR) is 78.0 cm³/mol. The van der Waals surface area contributed by atoms with Crippen LogP contribution < -0.4 is 0 Å². The fourth-order valence-corrected chi connectivity index (χ4v) is 3.02. The summed E-state index contributed by atoms with van der Waals surface area (Å²) in [5, 5.41) is 9.62. The third-order valence-electron chi connectivity index (χ3n) is 3.58. The molecule has 0 saturated heterocycles. The highest BCUT2D eigenvalue weighted by Crippen LogP contribution is 2.34. The van der Waals surface area contributed by atoms with E-state index in [1.165, 1.54) is 24.6 Å². The molecule has 0 atom stereocenters. The maximum absolute atomic E-state index is 10.8. The molecule has 0 radical (unpaired) electrons. The first-order valence-electron chi connectivity index (χ1n) is 6.81. The standard InChI is InChI=1S/C14H17N3O2S/c1-9-4-6-15-13-12(9)16-14(20-8-11(18)19)17(13)7-5-10-2-3-10/h4,6,10H,2-3,5,7-8H2,1H3,(H,18,19). The lowest BCUT2D eigenvalue weighted by molar-refractivity contribution is -0.133. The number of aryl methyl sites for hydroxylation is 2. The molecule has 3 rings (SSSR count). The number of imidazole rings is 1. The second-order valence-corrected chi connectivity index (χ2v) is 6.20. The number of aromatic nitrogens is 3. The number of fused-ring (bicyclic) bond motifs is 1. The molecule has 0 unspecified atom stereocenters. The first kappa shape index (κ1) is 13.4. The summed E-state index contributed by atoms with van der Waals surface area (Å²) in [5.41, 5.74) is 2.84. The lowest BCUT2D eigenvalue weighted by Gasteiger charge is -2.06. The monoisotopic (exact) mass is 291 g/mol. The molecule has 2 heterocycles. The molecule has 1 saturated carbocycles. The number of hydrogen-bond donors (Lipinski definition) is 1. The number of rotatable bonds is 6. The number of pyridine rings is 1. The maximum atomic E-state index is 10.8. The third kappa shape index (κ3) is 2.80. The number of carbonyl (C=O) groups is 1. The number of carboxylic acid groups (broad SMARTS) is 1. The predicted octanol–water partition coefficient (Wildman–Crippen LogP) is 2.72. The van der Waals surface area contributed by atoms with Crippen LogP contribution in [0.4, 0.5) is 0 Å². The molecule has 6 heteroatoms. The molecule has 0 aromatic carbocycles. The van der Waals surface area contributed by atoms with Crippen LogP contribution in [0.1, 0.15) is 24.8 Å². The van der Waals surface area contributed by atoms with Crippen LogP contribution in [0.2, 0.25) is 0 Å². The van der Waals surface area contributed by atoms with Gasteiger partial charge in [0.25, 0.3) is 0 Å². The van der Waals surface area contributed by atoms with Crippen LogP contribution in [0.5, 0.6) is 0 Å². The quantitative estimate of drug-likeness (QED) is 0.829. The SMILES string of the molecule is Cc1ccnc2c1nc(SCC(=O)O)n2CCC1CC1. The zero-order chi connectivity index (χ0) is 14.1. The van der Waals surface area contributed by atoms with E-state index in [1.807, 2.05) is 13.0 Å². The summed E-state index contributed by atoms with van der Waals surface area (Å²) in [5.74, 6) is 0.0428. The number of thioether (sulfide) groups is 1. The Morgan fingerprint density at radius 1 is 1.55 bits per heavy atom. The van der Waals surface area contributed by atoms with Gasteiger partial charge in [-0.1, -0.05) is 24.6 Å². The molecule has 2 aromatic rings. The number of hydrogen-bond acceptors (Lipinski definition) is 4. The largest absolute Gasteiger partial charge is 0.481 e. The summed E-state index contributed by atoms with van der Waals surface area (Å²) < 4.78 is 2.08. The second-order valence-electron chi connectivity index (χ2n) is 5.26. The van der Waals surface area contributed by atoms with Crippen molar-refractivity contribution in [3.05, 3.63) is 17.8 Å². The second kappa shape index (κ2) is 5.44. The average molecular weight is 291 g/mol. The van der Waals surface area contributed by atoms with Crippen LogP contribution in [0.25, 0.3) is 11.2 Å². The molecule has 0 aliphatic heterocycles. The lowest BCUT2D eigenvalue weighted by Crippen LogP contribution is -2.04. The zero-order valence-electron chi connectivity index (χ0n) is 11.4. The van der Waals surface area contributed by atoms with Crippen LogP contribution in [-0.4, -0.2) is 31.4 Å². The van der Waals surface area contributed by atoms with Crippen LogP contribution in [0.15, 0.2) is 17.4 Å². The first-order chi connectivity index (χ1) is 9.65. The van der Waals surface area contributed by atoms with Gasteiger partial charge in [0.15, 0.2) is 10.8 Å². The van der Waals surface area contributed by atoms with Gasteiger partial charge in [0, 0.05) is 12.7 Å². The number of nitrogens with zero attached hydrogens (tertiary/aromatic N) is 3. The van der Waals surface area contributed by atoms with Crippen molar-refractivity contribution >= 4 is 28.9 Å². The minimum atomic E-state index is -0.819. The highest BCUT2D eigenvalue weighted by Gasteiger charge is 2.22. The molecule has 106 valence electrons. The summed E-state index contributed by atoms with van der Waals surface area (Å²) in [4.78, 5) is 19.8. The van der Waals surface area contributed by atoms with Gasteiger partial charge in [0.1, 0.15) is 5.52 Å². The van der Waals surface area contributed by atoms with Gasteiger partial charge in [-0.25, -0.2) is 9.97 Å². The molecule has 1 fully saturated rings. The molecule has 1 aliphatic carbocycles. The van der Waals surface area contributed by atoms with Crippen molar-refractivity contribution in [1.82, 2.24) is 14.5 Å². The van der Waals surface area contributed by atoms with E-state index in [0.29, 0.717) is 0 Å². The van der Waals surface area contributed by atoms with Gasteiger partial charge in [0.05, 0.1) is 5.75 Å². The molecular formula is C14H17N3O2S. The van der Waals surface area contributed by atoms with E-state index in [4.69, 9.17) is 5.11 Å². The van der Waals surface area contributed by atoms with Crippen molar-refractivity contribution in [2.75, 3.05) is 5.75 Å². The minimum Gasteiger partial charge on any atom is -0.481 e. The van der Waals surface area contributed by atoms with E-state index in [2.05, 4.69) is 14.5 Å². The van der Waals surface area contributed by atoms with Crippen LogP contribution in [0, 0.1) is 12.8 Å². The van der Waals surface area contributed by atoms with E-state index < -0.39 is 5.97 Å². The number of aliphatic carboxylic acids is 1. The lowest BCUT2D eigenvalue weighted by atomic mass is 10.2. The molecule has 5 nitrogen and oxygen atoms in total. The van der Waals surface area contributed by atoms with E-state index in [1.54, 1.807) is 6.20 Å². The van der Waals surface area contributed by atoms with Gasteiger partial charge in [-0.15, -0.1) is 0 Å². The van der Waals surface area contributed by atoms with Crippen molar-refractivity contribution in [2.45, 2.75) is 37.9 Å². The molecule has 1 N–H and O–H groups in total. The Bertz CT molecular complexity index is 649. The van der Waals surface area contributed by atoms with Crippen LogP contribution >= 0.6 is 11.8 Å². The molecule has 0 spiro atoms. The first-order valence-corrected chi connectivity index (χ1v) is 7.80. The fourth-order valence-electron chi connectivity index (χ4n) is 2.27. The summed E-state index contributed by atoms with van der Waals surface area (Å²) >= 11 is 1.27. The summed E-state index contributed by atoms with van der Waals surface area (Å²) in [6, 6.07) is 1.94. The maximum Gasteiger partial charge on any atom is 0.313 e. The summed E-state index contributed by atoms with van der Waals surface area (Å²) in [7, 11) is 0. The van der Waals surface area contributed by atoms with Crippen molar-refractivity contribution in [3.8, 4) is 0 Å². The fraction of sp³-hybridized carbons (Fsp3) is 0.500. The number of carboxylic acids is 1. The Balaban J connectivity index is 1.94. The topological polar surface area (TPSA) is 68.0 Å².